The Kier molecular flexibility index (Phi) is 47.9. The maximum atomic E-state index is 14.3. The van der Waals surface area contributed by atoms with E-state index in [-0.39, 0.29) is 7.53 Å². The zero-order valence-electron chi connectivity index (χ0n) is 90.6. The molecule has 720 valence electrons. The molecule has 9 aliphatic rings. The first-order chi connectivity index (χ1) is 67.4. The normalized spacial score (nSPS) is 14.0. The average molecular weight is 1980 g/mol. The molecular formula is C130H165As2BO2P2. The van der Waals surface area contributed by atoms with Gasteiger partial charge in [0.05, 0.1) is 0 Å². The van der Waals surface area contributed by atoms with Crippen LogP contribution in [0.2, 0.25) is 0 Å². The largest absolute Gasteiger partial charge is 0.0766 e. The molecule has 10 heterocycles. The topological polar surface area (TPSA) is 34.1 Å². The van der Waals surface area contributed by atoms with E-state index in [4.69, 9.17) is 0 Å². The maximum absolute atomic E-state index is 14.3. The van der Waals surface area contributed by atoms with Crippen molar-refractivity contribution in [1.29, 1.82) is 0 Å². The third kappa shape index (κ3) is 21.9. The molecule has 25 rings (SSSR count). The van der Waals surface area contributed by atoms with Gasteiger partial charge in [-0.05, 0) is 123 Å². The van der Waals surface area contributed by atoms with Crippen molar-refractivity contribution in [2.24, 2.45) is 0 Å². The SMILES string of the molecule is CC.CC.CC.CC.CC.CC.CC.CC.CC.CC.CC.CC.CC.CC.CC.Cc1ccc2c3c1Cc1ccccc1B3c1ccccc1-2.Cc1ccc2c3c1Cc1ccccc1P3(=O)c1ccccc1-2.Cc1ccc2c3c1Cc1ccccc1[As]3(=O)c1ccccc1-2.Cc1ccc2c3c1Cc1ccccc1[As]3c1ccccc1-2.Cc1ccc2c3ccccc3p3c2c1Cc1ccccc1-3. The van der Waals surface area contributed by atoms with Gasteiger partial charge in [0.25, 0.3) is 0 Å². The molecule has 0 saturated carbocycles. The van der Waals surface area contributed by atoms with Crippen LogP contribution in [0.1, 0.15) is 291 Å². The second kappa shape index (κ2) is 56.8. The van der Waals surface area contributed by atoms with E-state index in [2.05, 4.69) is 308 Å². The van der Waals surface area contributed by atoms with Crippen molar-refractivity contribution in [3.8, 4) is 49.8 Å². The fourth-order valence-electron chi connectivity index (χ4n) is 19.8. The van der Waals surface area contributed by atoms with Gasteiger partial charge >= 0.3 is 262 Å². The fourth-order valence-corrected chi connectivity index (χ4v) is 40.4. The summed E-state index contributed by atoms with van der Waals surface area (Å²) in [7, 11) is -3.04. The van der Waals surface area contributed by atoms with E-state index in [1.807, 2.05) is 238 Å². The zero-order chi connectivity index (χ0) is 102. The second-order valence-electron chi connectivity index (χ2n) is 30.4. The number of fused-ring (bicyclic) bond motifs is 25. The molecule has 0 bridgehead atoms. The molecule has 4 atom stereocenters. The van der Waals surface area contributed by atoms with Gasteiger partial charge in [-0.25, -0.2) is 0 Å². The Hall–Kier alpha value is -10.2. The number of rotatable bonds is 0. The van der Waals surface area contributed by atoms with Crippen LogP contribution in [0, 0.1) is 34.6 Å². The number of hydrogen-bond donors (Lipinski definition) is 0. The van der Waals surface area contributed by atoms with Crippen LogP contribution in [0.25, 0.3) is 70.8 Å². The molecule has 7 heteroatoms. The van der Waals surface area contributed by atoms with E-state index < -0.39 is 35.3 Å². The summed E-state index contributed by atoms with van der Waals surface area (Å²) in [6.07, 6.45) is 5.09. The Morgan fingerprint density at radius 2 is 0.679 bits per heavy atom. The standard InChI is InChI=1S/C20H15AsO.C20H15As.C20H15B.C20H15OP.C20H15P.15C2H6/c1-13-10-11-16-15-7-3-5-9-19(15)21(22)18-8-4-2-6-14(18)12-17(13)20(16)21;2*1-13-10-11-16-15-7-3-5-9-19(15)21-18-8-4-2-6-14(18)12-17(13)20(16)21;1-13-10-11-16-15-7-3-5-9-19(15)22(21)18-8-4-2-6-14(18)12-17(13)20(16)22;1-13-10-11-16-15-7-3-5-9-19(15)21-18-8-4-2-6-14(18)12-17(13)20(16)21;15*1-2/h2-11H,12H2,1H3;2*2-11H,12H2,1H3;2-11H,12H2,1H3;2-11H,12H2,1H3;15*1-2H3. The Morgan fingerprint density at radius 1 is 0.277 bits per heavy atom. The molecule has 0 saturated heterocycles. The monoisotopic (exact) mass is 1980 g/mol. The first-order valence-electron chi connectivity index (χ1n) is 52.8. The van der Waals surface area contributed by atoms with Crippen molar-refractivity contribution in [3.63, 3.8) is 0 Å². The molecule has 137 heavy (non-hydrogen) atoms. The Bertz CT molecular complexity index is 6360. The van der Waals surface area contributed by atoms with Gasteiger partial charge in [0.1, 0.15) is 0 Å². The van der Waals surface area contributed by atoms with Crippen molar-refractivity contribution in [3.05, 3.63) is 387 Å². The second-order valence-corrected chi connectivity index (χ2v) is 45.0. The third-order valence-electron chi connectivity index (χ3n) is 24.9. The molecule has 4 unspecified atom stereocenters. The quantitative estimate of drug-likeness (QED) is 0.112. The molecule has 1 aromatic heterocycles. The van der Waals surface area contributed by atoms with Gasteiger partial charge in [-0.2, -0.15) is 0 Å². The smallest absolute Gasteiger partial charge is 0.0106 e. The van der Waals surface area contributed by atoms with Crippen LogP contribution in [0.3, 0.4) is 0 Å². The molecule has 9 aliphatic heterocycles. The van der Waals surface area contributed by atoms with Gasteiger partial charge in [0, 0.05) is 31.5 Å². The van der Waals surface area contributed by atoms with Gasteiger partial charge < -0.3 is 4.57 Å². The Balaban J connectivity index is 0.000000245. The Labute approximate surface area is 841 Å². The van der Waals surface area contributed by atoms with Gasteiger partial charge in [-0.1, -0.05) is 414 Å². The van der Waals surface area contributed by atoms with Gasteiger partial charge in [0.2, 0.25) is 6.71 Å². The predicted octanol–water partition coefficient (Wildman–Crippen LogP) is 32.2. The molecule has 0 radical (unpaired) electrons. The summed E-state index contributed by atoms with van der Waals surface area (Å²) < 4.78 is 36.9. The summed E-state index contributed by atoms with van der Waals surface area (Å²) in [5, 5.41) is 10.8. The first-order valence-corrected chi connectivity index (χ1v) is 62.2. The summed E-state index contributed by atoms with van der Waals surface area (Å²) >= 11 is -4.81. The van der Waals surface area contributed by atoms with Gasteiger partial charge in [-0.3, -0.25) is 0 Å². The minimum absolute atomic E-state index is 0.341. The number of benzene rings is 15. The van der Waals surface area contributed by atoms with Crippen LogP contribution < -0.4 is 58.4 Å². The number of aryl methyl sites for hydroxylation is 5. The van der Waals surface area contributed by atoms with E-state index in [9.17, 15) is 8.30 Å². The van der Waals surface area contributed by atoms with E-state index in [1.54, 1.807) is 56.3 Å². The molecule has 15 aromatic carbocycles. The molecule has 0 N–H and O–H groups in total. The summed E-state index contributed by atoms with van der Waals surface area (Å²) in [5.74, 6) is 0. The maximum Gasteiger partial charge on any atom is 0.0106 e. The molecule has 0 spiro atoms. The number of hydrogen-bond acceptors (Lipinski definition) is 2. The van der Waals surface area contributed by atoms with E-state index in [1.165, 1.54) is 122 Å². The fraction of sp³-hybridized carbons (Fsp3) is 0.308. The van der Waals surface area contributed by atoms with Crippen molar-refractivity contribution >= 4 is 129 Å². The van der Waals surface area contributed by atoms with Crippen molar-refractivity contribution in [2.75, 3.05) is 0 Å². The van der Waals surface area contributed by atoms with Crippen LogP contribution in [0.5, 0.6) is 0 Å². The van der Waals surface area contributed by atoms with Gasteiger partial charge in [0.15, 0.2) is 7.14 Å². The minimum atomic E-state index is -3.49. The molecular weight excluding hydrogens is 1820 g/mol. The van der Waals surface area contributed by atoms with Gasteiger partial charge in [-0.15, -0.1) is 0 Å². The third-order valence-corrected chi connectivity index (χ3v) is 43.7. The van der Waals surface area contributed by atoms with Crippen molar-refractivity contribution < 1.29 is 8.30 Å². The summed E-state index contributed by atoms with van der Waals surface area (Å²) in [6, 6.07) is 110. The van der Waals surface area contributed by atoms with Crippen LogP contribution in [-0.4, -0.2) is 34.9 Å². The van der Waals surface area contributed by atoms with Crippen LogP contribution in [0.4, 0.5) is 0 Å². The molecule has 2 nitrogen and oxygen atoms in total. The predicted molar refractivity (Wildman–Crippen MR) is 628 cm³/mol. The zero-order valence-corrected chi connectivity index (χ0v) is 96.1. The van der Waals surface area contributed by atoms with Crippen molar-refractivity contribution in [1.82, 2.24) is 0 Å². The van der Waals surface area contributed by atoms with Crippen LogP contribution >= 0.6 is 14.7 Å². The molecule has 0 aliphatic carbocycles. The summed E-state index contributed by atoms with van der Waals surface area (Å²) in [5.41, 5.74) is 36.3. The summed E-state index contributed by atoms with van der Waals surface area (Å²) in [4.78, 5) is 0. The first kappa shape index (κ1) is 116. The van der Waals surface area contributed by atoms with E-state index >= 15 is 0 Å². The molecule has 16 aromatic rings. The van der Waals surface area contributed by atoms with Crippen LogP contribution in [-0.2, 0) is 40.4 Å². The van der Waals surface area contributed by atoms with E-state index in [0.29, 0.717) is 6.71 Å². The summed E-state index contributed by atoms with van der Waals surface area (Å²) in [6.45, 7) is 71.5. The van der Waals surface area contributed by atoms with Crippen molar-refractivity contribution in [2.45, 2.75) is 274 Å². The Morgan fingerprint density at radius 3 is 1.31 bits per heavy atom. The minimum Gasteiger partial charge on any atom is -0.0766 e. The molecule has 0 fully saturated rings. The van der Waals surface area contributed by atoms with E-state index in [0.717, 1.165) is 66.6 Å². The van der Waals surface area contributed by atoms with Crippen LogP contribution in [0.15, 0.2) is 303 Å². The average Bonchev–Trinajstić information content (AvgIpc) is 1.53. The molecule has 0 amide bonds.